The van der Waals surface area contributed by atoms with Gasteiger partial charge in [0.15, 0.2) is 6.79 Å². The van der Waals surface area contributed by atoms with Crippen LogP contribution in [-0.2, 0) is 11.3 Å². The molecule has 174 valence electrons. The van der Waals surface area contributed by atoms with Crippen LogP contribution >= 0.6 is 35.4 Å². The van der Waals surface area contributed by atoms with Crippen LogP contribution in [0, 0.1) is 0 Å². The first kappa shape index (κ1) is 23.8. The Balaban J connectivity index is 1.50. The number of thiocarbonyl (C=S) groups is 1. The molecule has 2 aliphatic rings. The molecule has 32 heavy (non-hydrogen) atoms. The highest BCUT2D eigenvalue weighted by atomic mass is 35.5. The molecule has 4 rings (SSSR count). The number of aromatic nitrogens is 2. The fourth-order valence-electron chi connectivity index (χ4n) is 3.97. The Morgan fingerprint density at radius 3 is 2.88 bits per heavy atom. The maximum Gasteiger partial charge on any atom is 0.236 e. The van der Waals surface area contributed by atoms with Crippen LogP contribution in [0.2, 0.25) is 35.7 Å². The SMILES string of the molecule is C[Si](C)(C)CCOCOc1ccc(Cl)c(Cl)c1[C@H]1CC(=S)N(c2cnn3c2OCCC3)C1. The number of fused-ring (bicyclic) bond motifs is 1. The van der Waals surface area contributed by atoms with Gasteiger partial charge in [-0.1, -0.05) is 55.1 Å². The molecule has 0 bridgehead atoms. The zero-order chi connectivity index (χ0) is 22.9. The lowest BCUT2D eigenvalue weighted by atomic mass is 9.97. The molecule has 10 heteroatoms. The summed E-state index contributed by atoms with van der Waals surface area (Å²) in [6.07, 6.45) is 3.46. The summed E-state index contributed by atoms with van der Waals surface area (Å²) in [6.45, 7) is 10.1. The van der Waals surface area contributed by atoms with Gasteiger partial charge in [0, 0.05) is 52.1 Å². The standard InChI is InChI=1S/C22H29Cl2N3O3SSi/c1-32(2,3)10-9-28-14-30-18-6-5-16(23)21(24)20(18)15-11-19(31)26(13-15)17-12-25-27-7-4-8-29-22(17)27/h5-6,12,15H,4,7-11,13-14H2,1-3H3/t15-/m0/s1. The number of hydrogen-bond donors (Lipinski definition) is 0. The smallest absolute Gasteiger partial charge is 0.236 e. The van der Waals surface area contributed by atoms with E-state index in [0.29, 0.717) is 42.0 Å². The average molecular weight is 515 g/mol. The van der Waals surface area contributed by atoms with Crippen LogP contribution in [0.5, 0.6) is 11.6 Å². The van der Waals surface area contributed by atoms with Crippen LogP contribution in [0.15, 0.2) is 18.3 Å². The van der Waals surface area contributed by atoms with E-state index >= 15 is 0 Å². The van der Waals surface area contributed by atoms with Gasteiger partial charge in [-0.25, -0.2) is 4.68 Å². The highest BCUT2D eigenvalue weighted by Gasteiger charge is 2.35. The third-order valence-corrected chi connectivity index (χ3v) is 8.65. The van der Waals surface area contributed by atoms with Gasteiger partial charge >= 0.3 is 0 Å². The number of halogens is 2. The molecule has 1 aromatic carbocycles. The van der Waals surface area contributed by atoms with E-state index in [-0.39, 0.29) is 12.7 Å². The number of rotatable bonds is 8. The number of nitrogens with zero attached hydrogens (tertiary/aromatic N) is 3. The van der Waals surface area contributed by atoms with Crippen LogP contribution in [-0.4, -0.2) is 49.4 Å². The van der Waals surface area contributed by atoms with Crippen LogP contribution < -0.4 is 14.4 Å². The topological polar surface area (TPSA) is 48.8 Å². The van der Waals surface area contributed by atoms with Crippen molar-refractivity contribution >= 4 is 54.2 Å². The molecule has 1 aromatic heterocycles. The first-order chi connectivity index (χ1) is 15.2. The quantitative estimate of drug-likeness (QED) is 0.187. The predicted octanol–water partition coefficient (Wildman–Crippen LogP) is 5.98. The van der Waals surface area contributed by atoms with Crippen molar-refractivity contribution in [3.63, 3.8) is 0 Å². The lowest BCUT2D eigenvalue weighted by Gasteiger charge is -2.22. The Labute approximate surface area is 205 Å². The molecule has 1 fully saturated rings. The maximum absolute atomic E-state index is 6.66. The molecule has 0 unspecified atom stereocenters. The average Bonchev–Trinajstić information content (AvgIpc) is 3.32. The third kappa shape index (κ3) is 5.25. The molecule has 0 aliphatic carbocycles. The van der Waals surface area contributed by atoms with Gasteiger partial charge in [-0.3, -0.25) is 0 Å². The molecule has 2 aliphatic heterocycles. The van der Waals surface area contributed by atoms with E-state index in [1.54, 1.807) is 6.07 Å². The van der Waals surface area contributed by atoms with Gasteiger partial charge in [0.05, 0.1) is 27.8 Å². The summed E-state index contributed by atoms with van der Waals surface area (Å²) in [4.78, 5) is 2.92. The van der Waals surface area contributed by atoms with E-state index in [0.717, 1.165) is 41.1 Å². The van der Waals surface area contributed by atoms with Gasteiger partial charge in [-0.05, 0) is 18.2 Å². The molecule has 1 atom stereocenters. The van der Waals surface area contributed by atoms with Gasteiger partial charge < -0.3 is 19.1 Å². The Kier molecular flexibility index (Phi) is 7.36. The minimum atomic E-state index is -1.14. The second kappa shape index (κ2) is 9.89. The summed E-state index contributed by atoms with van der Waals surface area (Å²) in [5.41, 5.74) is 1.78. The van der Waals surface area contributed by atoms with E-state index < -0.39 is 8.07 Å². The Hall–Kier alpha value is -1.32. The first-order valence-corrected chi connectivity index (χ1v) is 15.8. The Morgan fingerprint density at radius 2 is 2.09 bits per heavy atom. The van der Waals surface area contributed by atoms with Crippen molar-refractivity contribution in [3.05, 3.63) is 33.9 Å². The van der Waals surface area contributed by atoms with Gasteiger partial charge in [0.25, 0.3) is 0 Å². The fourth-order valence-corrected chi connectivity index (χ4v) is 5.58. The van der Waals surface area contributed by atoms with Crippen LogP contribution in [0.25, 0.3) is 0 Å². The highest BCUT2D eigenvalue weighted by molar-refractivity contribution is 7.80. The van der Waals surface area contributed by atoms with Crippen molar-refractivity contribution in [2.75, 3.05) is 31.5 Å². The second-order valence-electron chi connectivity index (χ2n) is 9.42. The predicted molar refractivity (Wildman–Crippen MR) is 136 cm³/mol. The summed E-state index contributed by atoms with van der Waals surface area (Å²) in [7, 11) is -1.14. The van der Waals surface area contributed by atoms with Crippen molar-refractivity contribution in [1.82, 2.24) is 9.78 Å². The van der Waals surface area contributed by atoms with Gasteiger partial charge in [0.2, 0.25) is 5.88 Å². The minimum Gasteiger partial charge on any atom is -0.476 e. The molecular weight excluding hydrogens is 485 g/mol. The zero-order valence-corrected chi connectivity index (χ0v) is 22.0. The Bertz CT molecular complexity index is 996. The summed E-state index contributed by atoms with van der Waals surface area (Å²) in [6, 6.07) is 4.72. The van der Waals surface area contributed by atoms with E-state index in [1.165, 1.54) is 0 Å². The van der Waals surface area contributed by atoms with Crippen molar-refractivity contribution < 1.29 is 14.2 Å². The normalized spacial score (nSPS) is 18.6. The van der Waals surface area contributed by atoms with Crippen molar-refractivity contribution in [2.45, 2.75) is 51.0 Å². The monoisotopic (exact) mass is 513 g/mol. The Morgan fingerprint density at radius 1 is 1.28 bits per heavy atom. The number of hydrogen-bond acceptors (Lipinski definition) is 5. The molecule has 6 nitrogen and oxygen atoms in total. The molecule has 0 saturated carbocycles. The lowest BCUT2D eigenvalue weighted by Crippen LogP contribution is -2.24. The summed E-state index contributed by atoms with van der Waals surface area (Å²) in [5.74, 6) is 1.52. The summed E-state index contributed by atoms with van der Waals surface area (Å²) < 4.78 is 19.5. The van der Waals surface area contributed by atoms with Gasteiger partial charge in [-0.2, -0.15) is 5.10 Å². The van der Waals surface area contributed by atoms with Crippen molar-refractivity contribution in [3.8, 4) is 11.6 Å². The first-order valence-electron chi connectivity index (χ1n) is 10.9. The molecule has 0 N–H and O–H groups in total. The van der Waals surface area contributed by atoms with E-state index in [9.17, 15) is 0 Å². The van der Waals surface area contributed by atoms with Gasteiger partial charge in [0.1, 0.15) is 11.4 Å². The number of ether oxygens (including phenoxy) is 3. The molecule has 1 saturated heterocycles. The molecular formula is C22H29Cl2N3O3SSi. The highest BCUT2D eigenvalue weighted by Crippen LogP contribution is 2.45. The molecule has 0 amide bonds. The number of benzene rings is 1. The van der Waals surface area contributed by atoms with E-state index in [2.05, 4.69) is 29.6 Å². The lowest BCUT2D eigenvalue weighted by molar-refractivity contribution is 0.0213. The zero-order valence-electron chi connectivity index (χ0n) is 18.7. The fraction of sp³-hybridized carbons (Fsp3) is 0.545. The maximum atomic E-state index is 6.66. The summed E-state index contributed by atoms with van der Waals surface area (Å²) in [5, 5.41) is 5.48. The van der Waals surface area contributed by atoms with Crippen molar-refractivity contribution in [2.24, 2.45) is 0 Å². The molecule has 3 heterocycles. The molecule has 2 aromatic rings. The van der Waals surface area contributed by atoms with Crippen LogP contribution in [0.1, 0.15) is 24.3 Å². The van der Waals surface area contributed by atoms with Gasteiger partial charge in [-0.15, -0.1) is 0 Å². The van der Waals surface area contributed by atoms with E-state index in [1.807, 2.05) is 16.9 Å². The summed E-state index contributed by atoms with van der Waals surface area (Å²) >= 11 is 18.8. The van der Waals surface area contributed by atoms with Crippen LogP contribution in [0.4, 0.5) is 5.69 Å². The van der Waals surface area contributed by atoms with Crippen molar-refractivity contribution in [1.29, 1.82) is 0 Å². The molecule has 0 spiro atoms. The number of anilines is 1. The van der Waals surface area contributed by atoms with E-state index in [4.69, 9.17) is 49.6 Å². The number of aryl methyl sites for hydroxylation is 1. The largest absolute Gasteiger partial charge is 0.476 e. The minimum absolute atomic E-state index is 0.0461. The molecule has 0 radical (unpaired) electrons. The van der Waals surface area contributed by atoms with Crippen LogP contribution in [0.3, 0.4) is 0 Å². The third-order valence-electron chi connectivity index (χ3n) is 5.74. The second-order valence-corrected chi connectivity index (χ2v) is 16.3.